The van der Waals surface area contributed by atoms with Crippen LogP contribution in [0.25, 0.3) is 0 Å². The van der Waals surface area contributed by atoms with Crippen molar-refractivity contribution in [3.05, 3.63) is 70.8 Å². The molecule has 0 saturated heterocycles. The Morgan fingerprint density at radius 1 is 0.800 bits per heavy atom. The van der Waals surface area contributed by atoms with Gasteiger partial charge in [-0.15, -0.1) is 0 Å². The molecule has 2 aromatic rings. The molecule has 3 rings (SSSR count). The smallest absolute Gasteiger partial charge is 0.338 e. The summed E-state index contributed by atoms with van der Waals surface area (Å²) in [7, 11) is 1.54. The number of fused-ring (bicyclic) bond motifs is 1. The number of imide groups is 1. The number of hydrogen-bond donors (Lipinski definition) is 0. The highest BCUT2D eigenvalue weighted by atomic mass is 16.6. The molecule has 0 bridgehead atoms. The van der Waals surface area contributed by atoms with E-state index < -0.39 is 17.8 Å². The third-order valence-corrected chi connectivity index (χ3v) is 4.50. The Hall–Kier alpha value is -3.52. The highest BCUT2D eigenvalue weighted by molar-refractivity contribution is 6.21. The van der Waals surface area contributed by atoms with Gasteiger partial charge >= 0.3 is 11.9 Å². The van der Waals surface area contributed by atoms with Gasteiger partial charge in [0.2, 0.25) is 0 Å². The second kappa shape index (κ2) is 9.80. The average Bonchev–Trinajstić information content (AvgIpc) is 3.01. The van der Waals surface area contributed by atoms with Crippen molar-refractivity contribution in [2.75, 3.05) is 33.5 Å². The SMILES string of the molecule is COCCCN1C(=O)c2ccc(C(=O)OCCOC(=O)c3ccccc3)cc2C1=O. The largest absolute Gasteiger partial charge is 0.458 e. The molecule has 0 aromatic heterocycles. The van der Waals surface area contributed by atoms with Crippen LogP contribution >= 0.6 is 0 Å². The van der Waals surface area contributed by atoms with Gasteiger partial charge < -0.3 is 14.2 Å². The Morgan fingerprint density at radius 3 is 2.10 bits per heavy atom. The van der Waals surface area contributed by atoms with Crippen molar-refractivity contribution in [2.24, 2.45) is 0 Å². The Labute approximate surface area is 173 Å². The summed E-state index contributed by atoms with van der Waals surface area (Å²) < 4.78 is 15.1. The fourth-order valence-corrected chi connectivity index (χ4v) is 3.00. The summed E-state index contributed by atoms with van der Waals surface area (Å²) in [6.45, 7) is 0.437. The maximum absolute atomic E-state index is 12.5. The predicted octanol–water partition coefficient (Wildman–Crippen LogP) is 2.33. The second-order valence-corrected chi connectivity index (χ2v) is 6.51. The van der Waals surface area contributed by atoms with E-state index in [0.29, 0.717) is 18.6 Å². The van der Waals surface area contributed by atoms with E-state index in [0.717, 1.165) is 4.90 Å². The van der Waals surface area contributed by atoms with E-state index in [1.54, 1.807) is 37.4 Å². The number of hydrogen-bond acceptors (Lipinski definition) is 7. The van der Waals surface area contributed by atoms with Gasteiger partial charge in [0, 0.05) is 20.3 Å². The molecular formula is C22H21NO7. The van der Waals surface area contributed by atoms with E-state index >= 15 is 0 Å². The van der Waals surface area contributed by atoms with Crippen molar-refractivity contribution in [3.63, 3.8) is 0 Å². The van der Waals surface area contributed by atoms with Crippen LogP contribution in [0, 0.1) is 0 Å². The number of carbonyl (C=O) groups excluding carboxylic acids is 4. The van der Waals surface area contributed by atoms with Crippen LogP contribution in [-0.2, 0) is 14.2 Å². The summed E-state index contributed by atoms with van der Waals surface area (Å²) in [5.74, 6) is -2.02. The molecule has 0 saturated carbocycles. The van der Waals surface area contributed by atoms with Gasteiger partial charge in [0.25, 0.3) is 11.8 Å². The zero-order chi connectivity index (χ0) is 21.5. The van der Waals surface area contributed by atoms with Crippen molar-refractivity contribution < 1.29 is 33.4 Å². The third kappa shape index (κ3) is 4.72. The van der Waals surface area contributed by atoms with Gasteiger partial charge in [0.05, 0.1) is 22.3 Å². The Balaban J connectivity index is 1.54. The molecule has 0 aliphatic carbocycles. The number of methoxy groups -OCH3 is 1. The van der Waals surface area contributed by atoms with Gasteiger partial charge in [-0.05, 0) is 36.8 Å². The Kier molecular flexibility index (Phi) is 6.92. The van der Waals surface area contributed by atoms with Gasteiger partial charge in [-0.1, -0.05) is 18.2 Å². The molecule has 0 radical (unpaired) electrons. The molecule has 8 heteroatoms. The lowest BCUT2D eigenvalue weighted by molar-refractivity contribution is 0.0265. The molecule has 2 amide bonds. The summed E-state index contributed by atoms with van der Waals surface area (Å²) in [6.07, 6.45) is 0.526. The topological polar surface area (TPSA) is 99.2 Å². The predicted molar refractivity (Wildman–Crippen MR) is 105 cm³/mol. The minimum Gasteiger partial charge on any atom is -0.458 e. The Bertz CT molecular complexity index is 955. The van der Waals surface area contributed by atoms with Crippen molar-refractivity contribution >= 4 is 23.8 Å². The monoisotopic (exact) mass is 411 g/mol. The number of esters is 2. The van der Waals surface area contributed by atoms with Gasteiger partial charge in [0.15, 0.2) is 0 Å². The van der Waals surface area contributed by atoms with Gasteiger partial charge in [-0.2, -0.15) is 0 Å². The van der Waals surface area contributed by atoms with Crippen molar-refractivity contribution in [3.8, 4) is 0 Å². The summed E-state index contributed by atoms with van der Waals surface area (Å²) >= 11 is 0. The minimum absolute atomic E-state index is 0.102. The molecule has 0 atom stereocenters. The maximum atomic E-state index is 12.5. The van der Waals surface area contributed by atoms with Crippen LogP contribution in [0.4, 0.5) is 0 Å². The molecule has 0 fully saturated rings. The zero-order valence-electron chi connectivity index (χ0n) is 16.5. The quantitative estimate of drug-likeness (QED) is 0.355. The maximum Gasteiger partial charge on any atom is 0.338 e. The molecule has 156 valence electrons. The fourth-order valence-electron chi connectivity index (χ4n) is 3.00. The van der Waals surface area contributed by atoms with E-state index in [1.165, 1.54) is 18.2 Å². The first-order chi connectivity index (χ1) is 14.5. The number of nitrogens with zero attached hydrogens (tertiary/aromatic N) is 1. The molecule has 0 unspecified atom stereocenters. The van der Waals surface area contributed by atoms with Crippen LogP contribution in [0.1, 0.15) is 47.9 Å². The number of rotatable bonds is 9. The lowest BCUT2D eigenvalue weighted by Gasteiger charge is -2.12. The van der Waals surface area contributed by atoms with Crippen LogP contribution in [0.3, 0.4) is 0 Å². The summed E-state index contributed by atoms with van der Waals surface area (Å²) in [6, 6.07) is 12.7. The van der Waals surface area contributed by atoms with Crippen LogP contribution in [0.15, 0.2) is 48.5 Å². The third-order valence-electron chi connectivity index (χ3n) is 4.50. The molecular weight excluding hydrogens is 390 g/mol. The summed E-state index contributed by atoms with van der Waals surface area (Å²) in [5.41, 5.74) is 0.969. The van der Waals surface area contributed by atoms with Crippen LogP contribution in [0.2, 0.25) is 0 Å². The van der Waals surface area contributed by atoms with Crippen molar-refractivity contribution in [1.29, 1.82) is 0 Å². The van der Waals surface area contributed by atoms with E-state index in [9.17, 15) is 19.2 Å². The normalized spacial score (nSPS) is 12.6. The Morgan fingerprint density at radius 2 is 1.43 bits per heavy atom. The van der Waals surface area contributed by atoms with Gasteiger partial charge in [-0.3, -0.25) is 14.5 Å². The molecule has 1 aliphatic rings. The first-order valence-electron chi connectivity index (χ1n) is 9.41. The van der Waals surface area contributed by atoms with Crippen LogP contribution < -0.4 is 0 Å². The minimum atomic E-state index is -0.674. The van der Waals surface area contributed by atoms with E-state index in [-0.39, 0.29) is 42.4 Å². The zero-order valence-corrected chi connectivity index (χ0v) is 16.5. The van der Waals surface area contributed by atoms with E-state index in [2.05, 4.69) is 0 Å². The standard InChI is InChI=1S/C22H21NO7/c1-28-11-5-10-23-19(24)17-9-8-16(14-18(17)20(23)25)22(27)30-13-12-29-21(26)15-6-3-2-4-7-15/h2-4,6-9,14H,5,10-13H2,1H3. The van der Waals surface area contributed by atoms with Crippen molar-refractivity contribution in [1.82, 2.24) is 4.90 Å². The first kappa shape index (κ1) is 21.2. The van der Waals surface area contributed by atoms with Crippen LogP contribution in [-0.4, -0.2) is 62.1 Å². The number of amides is 2. The van der Waals surface area contributed by atoms with E-state index in [1.807, 2.05) is 0 Å². The molecule has 2 aromatic carbocycles. The number of benzene rings is 2. The lowest BCUT2D eigenvalue weighted by atomic mass is 10.1. The van der Waals surface area contributed by atoms with E-state index in [4.69, 9.17) is 14.2 Å². The molecule has 30 heavy (non-hydrogen) atoms. The molecule has 0 N–H and O–H groups in total. The average molecular weight is 411 g/mol. The molecule has 1 heterocycles. The first-order valence-corrected chi connectivity index (χ1v) is 9.41. The van der Waals surface area contributed by atoms with Gasteiger partial charge in [-0.25, -0.2) is 9.59 Å². The summed E-state index contributed by atoms with van der Waals surface area (Å²) in [4.78, 5) is 50.1. The van der Waals surface area contributed by atoms with Crippen molar-refractivity contribution in [2.45, 2.75) is 6.42 Å². The molecule has 0 spiro atoms. The second-order valence-electron chi connectivity index (χ2n) is 6.51. The lowest BCUT2D eigenvalue weighted by Crippen LogP contribution is -2.31. The highest BCUT2D eigenvalue weighted by Crippen LogP contribution is 2.24. The number of ether oxygens (including phenoxy) is 3. The number of carbonyl (C=O) groups is 4. The van der Waals surface area contributed by atoms with Crippen LogP contribution in [0.5, 0.6) is 0 Å². The highest BCUT2D eigenvalue weighted by Gasteiger charge is 2.35. The van der Waals surface area contributed by atoms with Gasteiger partial charge in [0.1, 0.15) is 13.2 Å². The molecule has 1 aliphatic heterocycles. The fraction of sp³-hybridized carbons (Fsp3) is 0.273. The molecule has 8 nitrogen and oxygen atoms in total. The summed E-state index contributed by atoms with van der Waals surface area (Å²) in [5, 5.41) is 0.